The van der Waals surface area contributed by atoms with E-state index in [0.717, 1.165) is 10.9 Å². The number of halogens is 4. The molecule has 1 atom stereocenters. The van der Waals surface area contributed by atoms with Gasteiger partial charge in [0.1, 0.15) is 5.54 Å². The van der Waals surface area contributed by atoms with Crippen molar-refractivity contribution in [1.82, 2.24) is 5.32 Å². The first-order chi connectivity index (χ1) is 7.96. The molecule has 0 amide bonds. The standard InChI is InChI=1S/C12H13BrF3N/c13-10-5-3-9(4-6-10)11(12(14,15)16)7-1-2-8-17-11/h3-6,17H,1-2,7-8H2/t11-/m0/s1. The van der Waals surface area contributed by atoms with Gasteiger partial charge in [-0.1, -0.05) is 28.1 Å². The van der Waals surface area contributed by atoms with Gasteiger partial charge in [0.25, 0.3) is 0 Å². The predicted molar refractivity (Wildman–Crippen MR) is 63.7 cm³/mol. The van der Waals surface area contributed by atoms with Crippen molar-refractivity contribution in [1.29, 1.82) is 0 Å². The van der Waals surface area contributed by atoms with Gasteiger partial charge < -0.3 is 0 Å². The minimum atomic E-state index is -4.26. The van der Waals surface area contributed by atoms with Crippen molar-refractivity contribution in [2.45, 2.75) is 31.0 Å². The Morgan fingerprint density at radius 3 is 2.24 bits per heavy atom. The van der Waals surface area contributed by atoms with Crippen LogP contribution in [0.1, 0.15) is 24.8 Å². The minimum absolute atomic E-state index is 0.109. The van der Waals surface area contributed by atoms with Crippen LogP contribution >= 0.6 is 15.9 Å². The lowest BCUT2D eigenvalue weighted by Gasteiger charge is -2.40. The zero-order valence-electron chi connectivity index (χ0n) is 9.15. The fourth-order valence-electron chi connectivity index (χ4n) is 2.29. The van der Waals surface area contributed by atoms with Gasteiger partial charge in [0, 0.05) is 4.47 Å². The van der Waals surface area contributed by atoms with Crippen molar-refractivity contribution in [2.24, 2.45) is 0 Å². The first-order valence-corrected chi connectivity index (χ1v) is 6.33. The Balaban J connectivity index is 2.43. The molecule has 1 aromatic carbocycles. The van der Waals surface area contributed by atoms with Gasteiger partial charge in [-0.3, -0.25) is 5.32 Å². The van der Waals surface area contributed by atoms with Crippen molar-refractivity contribution in [3.63, 3.8) is 0 Å². The molecule has 5 heteroatoms. The Kier molecular flexibility index (Phi) is 3.50. The normalized spacial score (nSPS) is 25.9. The van der Waals surface area contributed by atoms with E-state index in [2.05, 4.69) is 21.2 Å². The molecule has 0 spiro atoms. The second-order valence-electron chi connectivity index (χ2n) is 4.29. The van der Waals surface area contributed by atoms with Gasteiger partial charge in [-0.2, -0.15) is 13.2 Å². The monoisotopic (exact) mass is 307 g/mol. The molecule has 0 bridgehead atoms. The van der Waals surface area contributed by atoms with Crippen LogP contribution in [0.4, 0.5) is 13.2 Å². The van der Waals surface area contributed by atoms with Crippen LogP contribution in [0, 0.1) is 0 Å². The van der Waals surface area contributed by atoms with Crippen LogP contribution < -0.4 is 5.32 Å². The van der Waals surface area contributed by atoms with Crippen LogP contribution in [0.5, 0.6) is 0 Å². The second-order valence-corrected chi connectivity index (χ2v) is 5.21. The number of nitrogens with one attached hydrogen (secondary N) is 1. The van der Waals surface area contributed by atoms with Crippen molar-refractivity contribution in [2.75, 3.05) is 6.54 Å². The van der Waals surface area contributed by atoms with Crippen LogP contribution in [0.3, 0.4) is 0 Å². The maximum absolute atomic E-state index is 13.3. The van der Waals surface area contributed by atoms with Crippen LogP contribution in [-0.2, 0) is 5.54 Å². The molecule has 0 saturated carbocycles. The lowest BCUT2D eigenvalue weighted by atomic mass is 9.81. The van der Waals surface area contributed by atoms with Crippen LogP contribution in [-0.4, -0.2) is 12.7 Å². The Morgan fingerprint density at radius 1 is 1.12 bits per heavy atom. The van der Waals surface area contributed by atoms with Crippen molar-refractivity contribution in [3.8, 4) is 0 Å². The number of hydrogen-bond donors (Lipinski definition) is 1. The van der Waals surface area contributed by atoms with Gasteiger partial charge in [0.2, 0.25) is 0 Å². The molecule has 94 valence electrons. The maximum Gasteiger partial charge on any atom is 0.410 e. The molecule has 0 unspecified atom stereocenters. The number of hydrogen-bond acceptors (Lipinski definition) is 1. The molecule has 2 rings (SSSR count). The molecule has 1 N–H and O–H groups in total. The van der Waals surface area contributed by atoms with Gasteiger partial charge in [-0.25, -0.2) is 0 Å². The number of rotatable bonds is 1. The van der Waals surface area contributed by atoms with Gasteiger partial charge in [0.15, 0.2) is 0 Å². The van der Waals surface area contributed by atoms with E-state index in [-0.39, 0.29) is 6.42 Å². The predicted octanol–water partition coefficient (Wildman–Crippen LogP) is 3.98. The lowest BCUT2D eigenvalue weighted by molar-refractivity contribution is -0.207. The topological polar surface area (TPSA) is 12.0 Å². The highest BCUT2D eigenvalue weighted by Gasteiger charge is 2.55. The highest BCUT2D eigenvalue weighted by atomic mass is 79.9. The fraction of sp³-hybridized carbons (Fsp3) is 0.500. The van der Waals surface area contributed by atoms with Crippen molar-refractivity contribution >= 4 is 15.9 Å². The third kappa shape index (κ3) is 2.36. The first kappa shape index (κ1) is 12.9. The molecule has 1 aromatic rings. The molecular weight excluding hydrogens is 295 g/mol. The van der Waals surface area contributed by atoms with E-state index in [9.17, 15) is 13.2 Å². The summed E-state index contributed by atoms with van der Waals surface area (Å²) < 4.78 is 40.7. The number of benzene rings is 1. The maximum atomic E-state index is 13.3. The quantitative estimate of drug-likeness (QED) is 0.827. The molecular formula is C12H13BrF3N. The Labute approximate surface area is 107 Å². The summed E-state index contributed by atoms with van der Waals surface area (Å²) in [6.07, 6.45) is -2.75. The summed E-state index contributed by atoms with van der Waals surface area (Å²) in [5.74, 6) is 0. The van der Waals surface area contributed by atoms with E-state index in [0.29, 0.717) is 18.5 Å². The average molecular weight is 308 g/mol. The van der Waals surface area contributed by atoms with Gasteiger partial charge >= 0.3 is 6.18 Å². The zero-order chi connectivity index (χ0) is 12.5. The van der Waals surface area contributed by atoms with Gasteiger partial charge in [-0.05, 0) is 43.5 Å². The minimum Gasteiger partial charge on any atom is -0.300 e. The molecule has 0 radical (unpaired) electrons. The largest absolute Gasteiger partial charge is 0.410 e. The van der Waals surface area contributed by atoms with E-state index in [1.165, 1.54) is 12.1 Å². The van der Waals surface area contributed by atoms with E-state index in [4.69, 9.17) is 0 Å². The van der Waals surface area contributed by atoms with E-state index in [1.807, 2.05) is 0 Å². The Hall–Kier alpha value is -0.550. The Bertz CT molecular complexity index is 380. The summed E-state index contributed by atoms with van der Waals surface area (Å²) in [5.41, 5.74) is -1.57. The SMILES string of the molecule is FC(F)(F)[C@@]1(c2ccc(Br)cc2)CCCCN1. The smallest absolute Gasteiger partial charge is 0.300 e. The molecule has 0 aliphatic carbocycles. The molecule has 1 heterocycles. The van der Waals surface area contributed by atoms with Gasteiger partial charge in [-0.15, -0.1) is 0 Å². The lowest BCUT2D eigenvalue weighted by Crippen LogP contribution is -2.56. The number of piperidine rings is 1. The van der Waals surface area contributed by atoms with Crippen LogP contribution in [0.25, 0.3) is 0 Å². The second kappa shape index (κ2) is 4.61. The zero-order valence-corrected chi connectivity index (χ0v) is 10.7. The highest BCUT2D eigenvalue weighted by molar-refractivity contribution is 9.10. The van der Waals surface area contributed by atoms with Crippen molar-refractivity contribution in [3.05, 3.63) is 34.3 Å². The Morgan fingerprint density at radius 2 is 1.76 bits per heavy atom. The molecule has 17 heavy (non-hydrogen) atoms. The first-order valence-electron chi connectivity index (χ1n) is 5.53. The summed E-state index contributed by atoms with van der Waals surface area (Å²) in [6, 6.07) is 6.38. The summed E-state index contributed by atoms with van der Waals surface area (Å²) in [6.45, 7) is 0.412. The summed E-state index contributed by atoms with van der Waals surface area (Å²) in [4.78, 5) is 0. The number of alkyl halides is 3. The van der Waals surface area contributed by atoms with E-state index >= 15 is 0 Å². The fourth-order valence-corrected chi connectivity index (χ4v) is 2.56. The van der Waals surface area contributed by atoms with Gasteiger partial charge in [0.05, 0.1) is 0 Å². The molecule has 1 aliphatic heterocycles. The molecule has 1 fully saturated rings. The molecule has 0 aromatic heterocycles. The average Bonchev–Trinajstić information content (AvgIpc) is 2.29. The third-order valence-corrected chi connectivity index (χ3v) is 3.75. The highest BCUT2D eigenvalue weighted by Crippen LogP contribution is 2.44. The van der Waals surface area contributed by atoms with Crippen LogP contribution in [0.2, 0.25) is 0 Å². The van der Waals surface area contributed by atoms with E-state index < -0.39 is 11.7 Å². The van der Waals surface area contributed by atoms with Crippen molar-refractivity contribution < 1.29 is 13.2 Å². The molecule has 1 nitrogen and oxygen atoms in total. The molecule has 1 aliphatic rings. The summed E-state index contributed by atoms with van der Waals surface area (Å²) >= 11 is 3.24. The summed E-state index contributed by atoms with van der Waals surface area (Å²) in [7, 11) is 0. The molecule has 1 saturated heterocycles. The van der Waals surface area contributed by atoms with E-state index in [1.54, 1.807) is 12.1 Å². The summed E-state index contributed by atoms with van der Waals surface area (Å²) in [5, 5.41) is 2.67. The van der Waals surface area contributed by atoms with Crippen LogP contribution in [0.15, 0.2) is 28.7 Å². The third-order valence-electron chi connectivity index (χ3n) is 3.23.